The van der Waals surface area contributed by atoms with Gasteiger partial charge in [-0.05, 0) is 24.2 Å². The minimum absolute atomic E-state index is 1.11. The number of hydrogen-bond acceptors (Lipinski definition) is 2. The highest BCUT2D eigenvalue weighted by Crippen LogP contribution is 2.42. The van der Waals surface area contributed by atoms with E-state index in [4.69, 9.17) is 10.5 Å². The summed E-state index contributed by atoms with van der Waals surface area (Å²) in [5.74, 6) is 3.33. The fourth-order valence-corrected chi connectivity index (χ4v) is 4.61. The zero-order chi connectivity index (χ0) is 16.0. The van der Waals surface area contributed by atoms with Gasteiger partial charge in [-0.2, -0.15) is 10.5 Å². The first-order valence-electron chi connectivity index (χ1n) is 9.61. The SMILES string of the molecule is CCCCCC(C1CCCCC1)C1CCCCC1.N#CC#N. The molecule has 0 radical (unpaired) electrons. The van der Waals surface area contributed by atoms with Gasteiger partial charge >= 0.3 is 0 Å². The molecule has 2 aliphatic rings. The third-order valence-electron chi connectivity index (χ3n) is 5.70. The maximum atomic E-state index is 7.26. The van der Waals surface area contributed by atoms with Crippen LogP contribution in [-0.2, 0) is 0 Å². The topological polar surface area (TPSA) is 47.6 Å². The van der Waals surface area contributed by atoms with Crippen LogP contribution in [0, 0.1) is 40.4 Å². The molecule has 2 fully saturated rings. The molecule has 0 amide bonds. The van der Waals surface area contributed by atoms with Crippen LogP contribution in [0.2, 0.25) is 0 Å². The maximum absolute atomic E-state index is 7.26. The third-order valence-corrected chi connectivity index (χ3v) is 5.70. The van der Waals surface area contributed by atoms with Gasteiger partial charge in [-0.3, -0.25) is 0 Å². The van der Waals surface area contributed by atoms with Gasteiger partial charge in [0.05, 0.1) is 0 Å². The van der Waals surface area contributed by atoms with Crippen molar-refractivity contribution in [1.29, 1.82) is 10.5 Å². The van der Waals surface area contributed by atoms with E-state index in [0.29, 0.717) is 0 Å². The van der Waals surface area contributed by atoms with E-state index in [1.54, 1.807) is 32.1 Å². The smallest absolute Gasteiger partial charge is 0.181 e. The predicted molar refractivity (Wildman–Crippen MR) is 92.0 cm³/mol. The molecule has 0 saturated heterocycles. The summed E-state index contributed by atoms with van der Waals surface area (Å²) in [6.45, 7) is 2.34. The van der Waals surface area contributed by atoms with Crippen molar-refractivity contribution in [1.82, 2.24) is 0 Å². The van der Waals surface area contributed by atoms with Gasteiger partial charge < -0.3 is 0 Å². The van der Waals surface area contributed by atoms with E-state index in [9.17, 15) is 0 Å². The number of rotatable bonds is 6. The zero-order valence-electron chi connectivity index (χ0n) is 14.5. The van der Waals surface area contributed by atoms with Gasteiger partial charge in [0.15, 0.2) is 12.1 Å². The molecular formula is C20H34N2. The maximum Gasteiger partial charge on any atom is 0.181 e. The molecule has 0 heterocycles. The summed E-state index contributed by atoms with van der Waals surface area (Å²) in [6, 6.07) is 2.47. The normalized spacial score (nSPS) is 19.8. The lowest BCUT2D eigenvalue weighted by Gasteiger charge is -2.38. The molecule has 0 N–H and O–H groups in total. The first-order chi connectivity index (χ1) is 10.8. The molecule has 2 aliphatic carbocycles. The van der Waals surface area contributed by atoms with E-state index in [-0.39, 0.29) is 0 Å². The van der Waals surface area contributed by atoms with Crippen LogP contribution >= 0.6 is 0 Å². The summed E-state index contributed by atoms with van der Waals surface area (Å²) in [5.41, 5.74) is 0. The Morgan fingerprint density at radius 1 is 0.773 bits per heavy atom. The third kappa shape index (κ3) is 7.31. The molecule has 0 bridgehead atoms. The Labute approximate surface area is 137 Å². The van der Waals surface area contributed by atoms with Gasteiger partial charge in [0.25, 0.3) is 0 Å². The van der Waals surface area contributed by atoms with Crippen LogP contribution in [-0.4, -0.2) is 0 Å². The van der Waals surface area contributed by atoms with E-state index >= 15 is 0 Å². The van der Waals surface area contributed by atoms with E-state index in [2.05, 4.69) is 6.92 Å². The number of hydrogen-bond donors (Lipinski definition) is 0. The van der Waals surface area contributed by atoms with Crippen LogP contribution in [0.5, 0.6) is 0 Å². The summed E-state index contributed by atoms with van der Waals surface area (Å²) < 4.78 is 0. The van der Waals surface area contributed by atoms with Crippen LogP contribution in [0.15, 0.2) is 0 Å². The van der Waals surface area contributed by atoms with Crippen molar-refractivity contribution in [3.8, 4) is 12.1 Å². The summed E-state index contributed by atoms with van der Waals surface area (Å²) in [6.07, 6.45) is 21.3. The van der Waals surface area contributed by atoms with E-state index in [1.165, 1.54) is 69.9 Å². The van der Waals surface area contributed by atoms with Crippen LogP contribution in [0.25, 0.3) is 0 Å². The molecule has 0 aromatic carbocycles. The molecule has 2 heteroatoms. The monoisotopic (exact) mass is 302 g/mol. The quantitative estimate of drug-likeness (QED) is 0.535. The fourth-order valence-electron chi connectivity index (χ4n) is 4.61. The fraction of sp³-hybridized carbons (Fsp3) is 0.900. The highest BCUT2D eigenvalue weighted by molar-refractivity contribution is 4.99. The van der Waals surface area contributed by atoms with Gasteiger partial charge in [0, 0.05) is 0 Å². The largest absolute Gasteiger partial charge is 0.181 e. The summed E-state index contributed by atoms with van der Waals surface area (Å²) in [7, 11) is 0. The molecule has 124 valence electrons. The lowest BCUT2D eigenvalue weighted by molar-refractivity contribution is 0.132. The molecule has 0 aromatic heterocycles. The van der Waals surface area contributed by atoms with Gasteiger partial charge in [0.1, 0.15) is 0 Å². The van der Waals surface area contributed by atoms with E-state index < -0.39 is 0 Å². The summed E-state index contributed by atoms with van der Waals surface area (Å²) in [4.78, 5) is 0. The molecule has 2 saturated carbocycles. The second-order valence-corrected chi connectivity index (χ2v) is 7.18. The molecular weight excluding hydrogens is 268 g/mol. The Hall–Kier alpha value is -1.02. The lowest BCUT2D eigenvalue weighted by Crippen LogP contribution is -2.27. The number of nitrogens with zero attached hydrogens (tertiary/aromatic N) is 2. The van der Waals surface area contributed by atoms with Crippen LogP contribution < -0.4 is 0 Å². The first-order valence-corrected chi connectivity index (χ1v) is 9.61. The molecule has 22 heavy (non-hydrogen) atoms. The highest BCUT2D eigenvalue weighted by atomic mass is 14.4. The molecule has 2 rings (SSSR count). The van der Waals surface area contributed by atoms with E-state index in [1.807, 2.05) is 0 Å². The second kappa shape index (κ2) is 12.5. The average Bonchev–Trinajstić information content (AvgIpc) is 2.60. The van der Waals surface area contributed by atoms with Crippen LogP contribution in [0.1, 0.15) is 96.8 Å². The predicted octanol–water partition coefficient (Wildman–Crippen LogP) is 6.38. The van der Waals surface area contributed by atoms with Crippen LogP contribution in [0.4, 0.5) is 0 Å². The van der Waals surface area contributed by atoms with Crippen molar-refractivity contribution in [3.05, 3.63) is 0 Å². The highest BCUT2D eigenvalue weighted by Gasteiger charge is 2.30. The molecule has 0 aliphatic heterocycles. The molecule has 0 unspecified atom stereocenters. The molecule has 0 atom stereocenters. The van der Waals surface area contributed by atoms with Gasteiger partial charge in [0.2, 0.25) is 0 Å². The van der Waals surface area contributed by atoms with Gasteiger partial charge in [-0.25, -0.2) is 0 Å². The standard InChI is InChI=1S/C18H34.C2N2/c1-2-3-6-15-18(16-11-7-4-8-12-16)17-13-9-5-10-14-17;3-1-2-4/h16-18H,2-15H2,1H3;. The van der Waals surface area contributed by atoms with Crippen molar-refractivity contribution in [2.75, 3.05) is 0 Å². The number of unbranched alkanes of at least 4 members (excludes halogenated alkanes) is 2. The van der Waals surface area contributed by atoms with Crippen molar-refractivity contribution in [2.24, 2.45) is 17.8 Å². The van der Waals surface area contributed by atoms with Crippen molar-refractivity contribution in [2.45, 2.75) is 96.8 Å². The Bertz CT molecular complexity index is 308. The Morgan fingerprint density at radius 3 is 1.59 bits per heavy atom. The van der Waals surface area contributed by atoms with Crippen LogP contribution in [0.3, 0.4) is 0 Å². The molecule has 0 spiro atoms. The van der Waals surface area contributed by atoms with Gasteiger partial charge in [-0.15, -0.1) is 0 Å². The summed E-state index contributed by atoms with van der Waals surface area (Å²) >= 11 is 0. The number of nitriles is 2. The van der Waals surface area contributed by atoms with Crippen molar-refractivity contribution >= 4 is 0 Å². The minimum Gasteiger partial charge on any atom is -0.181 e. The first kappa shape index (κ1) is 19.0. The molecule has 2 nitrogen and oxygen atoms in total. The zero-order valence-corrected chi connectivity index (χ0v) is 14.5. The van der Waals surface area contributed by atoms with Crippen molar-refractivity contribution in [3.63, 3.8) is 0 Å². The second-order valence-electron chi connectivity index (χ2n) is 7.18. The average molecular weight is 303 g/mol. The Morgan fingerprint density at radius 2 is 1.23 bits per heavy atom. The van der Waals surface area contributed by atoms with E-state index in [0.717, 1.165) is 17.8 Å². The summed E-state index contributed by atoms with van der Waals surface area (Å²) in [5, 5.41) is 14.5. The minimum atomic E-state index is 1.11. The van der Waals surface area contributed by atoms with Crippen molar-refractivity contribution < 1.29 is 0 Å². The lowest BCUT2D eigenvalue weighted by atomic mass is 9.68. The van der Waals surface area contributed by atoms with Gasteiger partial charge in [-0.1, -0.05) is 90.4 Å². The molecule has 0 aromatic rings. The Balaban J connectivity index is 0.000000541. The Kier molecular flexibility index (Phi) is 10.8.